The van der Waals surface area contributed by atoms with Crippen molar-refractivity contribution in [1.29, 1.82) is 0 Å². The smallest absolute Gasteiger partial charge is 0.338 e. The monoisotopic (exact) mass is 485 g/mol. The molecule has 1 aliphatic heterocycles. The summed E-state index contributed by atoms with van der Waals surface area (Å²) in [6.07, 6.45) is -0.329. The van der Waals surface area contributed by atoms with Gasteiger partial charge in [-0.1, -0.05) is 35.9 Å². The summed E-state index contributed by atoms with van der Waals surface area (Å²) in [6.45, 7) is 7.15. The molecule has 3 aromatic rings. The van der Waals surface area contributed by atoms with Crippen LogP contribution in [0.3, 0.4) is 0 Å². The first-order valence-electron chi connectivity index (χ1n) is 11.6. The third-order valence-electron chi connectivity index (χ3n) is 6.00. The Labute approximate surface area is 209 Å². The van der Waals surface area contributed by atoms with Crippen molar-refractivity contribution in [3.05, 3.63) is 100 Å². The number of aliphatic hydroxyl groups is 1. The molecule has 3 aromatic carbocycles. The Balaban J connectivity index is 1.92. The lowest BCUT2D eigenvalue weighted by molar-refractivity contribution is -0.132. The van der Waals surface area contributed by atoms with E-state index in [0.29, 0.717) is 16.8 Å². The first-order chi connectivity index (χ1) is 17.1. The van der Waals surface area contributed by atoms with Gasteiger partial charge in [0.1, 0.15) is 11.5 Å². The summed E-state index contributed by atoms with van der Waals surface area (Å²) in [5, 5.41) is 21.2. The zero-order chi connectivity index (χ0) is 26.1. The number of aliphatic hydroxyl groups excluding tert-OH is 1. The van der Waals surface area contributed by atoms with E-state index in [9.17, 15) is 24.6 Å². The highest BCUT2D eigenvalue weighted by Crippen LogP contribution is 2.43. The molecule has 0 saturated carbocycles. The number of aromatic hydroxyl groups is 1. The van der Waals surface area contributed by atoms with Crippen molar-refractivity contribution < 1.29 is 29.3 Å². The highest BCUT2D eigenvalue weighted by Gasteiger charge is 2.47. The van der Waals surface area contributed by atoms with Gasteiger partial charge in [-0.3, -0.25) is 14.5 Å². The number of ketones is 1. The predicted molar refractivity (Wildman–Crippen MR) is 136 cm³/mol. The van der Waals surface area contributed by atoms with Crippen molar-refractivity contribution in [3.8, 4) is 5.75 Å². The van der Waals surface area contributed by atoms with Crippen molar-refractivity contribution in [3.63, 3.8) is 0 Å². The average Bonchev–Trinajstić information content (AvgIpc) is 3.10. The van der Waals surface area contributed by atoms with Crippen LogP contribution in [0.15, 0.2) is 72.3 Å². The molecule has 1 aliphatic rings. The van der Waals surface area contributed by atoms with Crippen molar-refractivity contribution >= 4 is 29.1 Å². The van der Waals surface area contributed by atoms with Crippen molar-refractivity contribution in [2.24, 2.45) is 0 Å². The molecule has 1 saturated heterocycles. The van der Waals surface area contributed by atoms with Gasteiger partial charge in [-0.25, -0.2) is 4.79 Å². The summed E-state index contributed by atoms with van der Waals surface area (Å²) < 4.78 is 5.28. The topological polar surface area (TPSA) is 104 Å². The lowest BCUT2D eigenvalue weighted by atomic mass is 9.93. The average molecular weight is 486 g/mol. The lowest BCUT2D eigenvalue weighted by Crippen LogP contribution is -2.29. The minimum Gasteiger partial charge on any atom is -0.508 e. The van der Waals surface area contributed by atoms with Crippen LogP contribution in [0.25, 0.3) is 5.76 Å². The summed E-state index contributed by atoms with van der Waals surface area (Å²) in [7, 11) is 0. The molecule has 0 aromatic heterocycles. The standard InChI is InChI=1S/C29H27NO6/c1-16(2)36-29(35)20-6-5-7-21(15-20)30-25(19-10-12-22(31)13-11-19)24(27(33)28(30)34)26(32)23-14-17(3)8-9-18(23)4/h5-16,25,31-32H,1-4H3/b26-24+. The third kappa shape index (κ3) is 4.60. The van der Waals surface area contributed by atoms with E-state index >= 15 is 0 Å². The van der Waals surface area contributed by atoms with Gasteiger partial charge in [0.25, 0.3) is 11.7 Å². The number of esters is 1. The Morgan fingerprint density at radius 3 is 2.33 bits per heavy atom. The van der Waals surface area contributed by atoms with Crippen molar-refractivity contribution in [2.45, 2.75) is 39.8 Å². The van der Waals surface area contributed by atoms with E-state index < -0.39 is 23.7 Å². The van der Waals surface area contributed by atoms with Gasteiger partial charge in [-0.05, 0) is 75.2 Å². The van der Waals surface area contributed by atoms with Crippen LogP contribution in [-0.4, -0.2) is 34.0 Å². The summed E-state index contributed by atoms with van der Waals surface area (Å²) in [5.74, 6) is -2.51. The second-order valence-corrected chi connectivity index (χ2v) is 9.08. The number of phenolic OH excluding ortho intramolecular Hbond substituents is 1. The van der Waals surface area contributed by atoms with Gasteiger partial charge in [0.2, 0.25) is 0 Å². The van der Waals surface area contributed by atoms with Crippen LogP contribution in [0.5, 0.6) is 5.75 Å². The van der Waals surface area contributed by atoms with Gasteiger partial charge in [0.05, 0.1) is 23.3 Å². The Bertz CT molecular complexity index is 1390. The van der Waals surface area contributed by atoms with Gasteiger partial charge in [0.15, 0.2) is 0 Å². The van der Waals surface area contributed by atoms with E-state index in [4.69, 9.17) is 4.74 Å². The quantitative estimate of drug-likeness (QED) is 0.223. The minimum atomic E-state index is -0.984. The molecule has 1 fully saturated rings. The highest BCUT2D eigenvalue weighted by molar-refractivity contribution is 6.51. The number of rotatable bonds is 5. The number of phenols is 1. The number of amides is 1. The van der Waals surface area contributed by atoms with Gasteiger partial charge in [0, 0.05) is 11.3 Å². The van der Waals surface area contributed by atoms with Crippen molar-refractivity contribution in [2.75, 3.05) is 4.90 Å². The van der Waals surface area contributed by atoms with Crippen LogP contribution in [-0.2, 0) is 14.3 Å². The number of hydrogen-bond acceptors (Lipinski definition) is 6. The van der Waals surface area contributed by atoms with E-state index in [2.05, 4.69) is 0 Å². The molecule has 4 rings (SSSR count). The minimum absolute atomic E-state index is 0.0173. The molecular weight excluding hydrogens is 458 g/mol. The Hall–Kier alpha value is -4.39. The van der Waals surface area contributed by atoms with E-state index in [-0.39, 0.29) is 28.7 Å². The number of Topliss-reactive ketones (excluding diaryl/α,β-unsaturated/α-hetero) is 1. The molecule has 7 heteroatoms. The fraction of sp³-hybridized carbons (Fsp3) is 0.207. The number of ether oxygens (including phenoxy) is 1. The number of nitrogens with zero attached hydrogens (tertiary/aromatic N) is 1. The van der Waals surface area contributed by atoms with Crippen LogP contribution in [0.4, 0.5) is 5.69 Å². The van der Waals surface area contributed by atoms with Crippen LogP contribution < -0.4 is 4.90 Å². The summed E-state index contributed by atoms with van der Waals surface area (Å²) >= 11 is 0. The molecule has 0 radical (unpaired) electrons. The number of hydrogen-bond donors (Lipinski definition) is 2. The predicted octanol–water partition coefficient (Wildman–Crippen LogP) is 5.20. The highest BCUT2D eigenvalue weighted by atomic mass is 16.5. The molecule has 36 heavy (non-hydrogen) atoms. The number of carbonyl (C=O) groups excluding carboxylic acids is 3. The van der Waals surface area contributed by atoms with Crippen molar-refractivity contribution in [1.82, 2.24) is 0 Å². The van der Waals surface area contributed by atoms with Gasteiger partial charge in [-0.2, -0.15) is 0 Å². The summed E-state index contributed by atoms with van der Waals surface area (Å²) in [6, 6.07) is 16.8. The second kappa shape index (κ2) is 9.70. The Kier molecular flexibility index (Phi) is 6.66. The molecule has 2 N–H and O–H groups in total. The molecule has 1 heterocycles. The van der Waals surface area contributed by atoms with Crippen LogP contribution in [0, 0.1) is 13.8 Å². The molecule has 1 unspecified atom stereocenters. The van der Waals surface area contributed by atoms with Crippen LogP contribution in [0.1, 0.15) is 52.5 Å². The molecular formula is C29H27NO6. The van der Waals surface area contributed by atoms with Crippen LogP contribution >= 0.6 is 0 Å². The molecule has 1 amide bonds. The maximum absolute atomic E-state index is 13.4. The Morgan fingerprint density at radius 1 is 0.972 bits per heavy atom. The van der Waals surface area contributed by atoms with Gasteiger partial charge >= 0.3 is 5.97 Å². The maximum atomic E-state index is 13.4. The molecule has 0 aliphatic carbocycles. The number of anilines is 1. The zero-order valence-corrected chi connectivity index (χ0v) is 20.5. The first-order valence-corrected chi connectivity index (χ1v) is 11.6. The van der Waals surface area contributed by atoms with E-state index in [1.807, 2.05) is 26.0 Å². The van der Waals surface area contributed by atoms with Crippen LogP contribution in [0.2, 0.25) is 0 Å². The zero-order valence-electron chi connectivity index (χ0n) is 20.5. The molecule has 7 nitrogen and oxygen atoms in total. The first kappa shape index (κ1) is 24.7. The Morgan fingerprint density at radius 2 is 1.67 bits per heavy atom. The van der Waals surface area contributed by atoms with E-state index in [1.54, 1.807) is 50.2 Å². The fourth-order valence-corrected chi connectivity index (χ4v) is 4.27. The van der Waals surface area contributed by atoms with Gasteiger partial charge < -0.3 is 14.9 Å². The number of benzene rings is 3. The SMILES string of the molecule is Cc1ccc(C)c(/C(O)=C2\C(=O)C(=O)N(c3cccc(C(=O)OC(C)C)c3)C2c2ccc(O)cc2)c1. The number of aryl methyl sites for hydroxylation is 2. The second-order valence-electron chi connectivity index (χ2n) is 9.08. The number of carbonyl (C=O) groups is 3. The summed E-state index contributed by atoms with van der Waals surface area (Å²) in [5.41, 5.74) is 3.03. The maximum Gasteiger partial charge on any atom is 0.338 e. The summed E-state index contributed by atoms with van der Waals surface area (Å²) in [4.78, 5) is 40.5. The molecule has 0 bridgehead atoms. The van der Waals surface area contributed by atoms with Gasteiger partial charge in [-0.15, -0.1) is 0 Å². The van der Waals surface area contributed by atoms with E-state index in [1.165, 1.54) is 23.1 Å². The fourth-order valence-electron chi connectivity index (χ4n) is 4.27. The molecule has 184 valence electrons. The molecule has 0 spiro atoms. The largest absolute Gasteiger partial charge is 0.508 e. The van der Waals surface area contributed by atoms with E-state index in [0.717, 1.165) is 11.1 Å². The molecule has 1 atom stereocenters. The lowest BCUT2D eigenvalue weighted by Gasteiger charge is -2.26. The third-order valence-corrected chi connectivity index (χ3v) is 6.00. The normalized spacial score (nSPS) is 17.0.